The van der Waals surface area contributed by atoms with Crippen LogP contribution < -0.4 is 16.8 Å². The number of carbonyl (C=O) groups is 2. The Bertz CT molecular complexity index is 449. The molecular weight excluding hydrogens is 222 g/mol. The number of hydrogen-bond donors (Lipinski definition) is 3. The third-order valence-electron chi connectivity index (χ3n) is 3.05. The van der Waals surface area contributed by atoms with Crippen LogP contribution in [0.5, 0.6) is 0 Å². The van der Waals surface area contributed by atoms with E-state index in [1.807, 2.05) is 0 Å². The molecule has 1 aromatic rings. The van der Waals surface area contributed by atoms with Crippen molar-refractivity contribution in [1.29, 1.82) is 0 Å². The van der Waals surface area contributed by atoms with Crippen LogP contribution in [0.4, 0.5) is 0 Å². The average molecular weight is 235 g/mol. The van der Waals surface area contributed by atoms with Crippen LogP contribution in [0.25, 0.3) is 0 Å². The summed E-state index contributed by atoms with van der Waals surface area (Å²) in [6.45, 7) is 0.322. The van der Waals surface area contributed by atoms with Gasteiger partial charge in [-0.05, 0) is 12.5 Å². The van der Waals surface area contributed by atoms with Gasteiger partial charge in [-0.3, -0.25) is 14.9 Å². The van der Waals surface area contributed by atoms with Crippen LogP contribution in [0, 0.1) is 5.92 Å². The van der Waals surface area contributed by atoms with Gasteiger partial charge in [0.1, 0.15) is 11.9 Å². The van der Waals surface area contributed by atoms with Crippen LogP contribution in [-0.2, 0) is 15.1 Å². The molecule has 17 heavy (non-hydrogen) atoms. The smallest absolute Gasteiger partial charge is 0.243 e. The molecule has 1 aromatic heterocycles. The van der Waals surface area contributed by atoms with Crippen LogP contribution in [-0.4, -0.2) is 28.3 Å². The maximum Gasteiger partial charge on any atom is 0.243 e. The third kappa shape index (κ3) is 1.84. The van der Waals surface area contributed by atoms with Crippen LogP contribution in [0.1, 0.15) is 12.1 Å². The molecule has 0 bridgehead atoms. The lowest BCUT2D eigenvalue weighted by Gasteiger charge is -2.24. The summed E-state index contributed by atoms with van der Waals surface area (Å²) in [6.07, 6.45) is 3.08. The second-order valence-electron chi connectivity index (χ2n) is 4.05. The fourth-order valence-corrected chi connectivity index (χ4v) is 2.06. The summed E-state index contributed by atoms with van der Waals surface area (Å²) in [4.78, 5) is 30.6. The summed E-state index contributed by atoms with van der Waals surface area (Å²) < 4.78 is 0. The SMILES string of the molecule is NC(=O)C1CNC(C(N)=O)(c2ccncn2)C1. The monoisotopic (exact) mass is 235 g/mol. The minimum Gasteiger partial charge on any atom is -0.369 e. The molecule has 0 aromatic carbocycles. The summed E-state index contributed by atoms with van der Waals surface area (Å²) >= 11 is 0. The van der Waals surface area contributed by atoms with Gasteiger partial charge in [-0.25, -0.2) is 9.97 Å². The Kier molecular flexibility index (Phi) is 2.76. The molecule has 0 spiro atoms. The molecule has 2 atom stereocenters. The predicted octanol–water partition coefficient (Wildman–Crippen LogP) is -1.75. The Balaban J connectivity index is 2.37. The fraction of sp³-hybridized carbons (Fsp3) is 0.400. The zero-order valence-corrected chi connectivity index (χ0v) is 9.09. The van der Waals surface area contributed by atoms with Gasteiger partial charge in [0.05, 0.1) is 11.6 Å². The quantitative estimate of drug-likeness (QED) is 0.573. The first-order valence-electron chi connectivity index (χ1n) is 5.17. The lowest BCUT2D eigenvalue weighted by atomic mass is 9.88. The van der Waals surface area contributed by atoms with Crippen LogP contribution in [0.15, 0.2) is 18.6 Å². The van der Waals surface area contributed by atoms with E-state index < -0.39 is 23.3 Å². The zero-order chi connectivity index (χ0) is 12.5. The highest BCUT2D eigenvalue weighted by Crippen LogP contribution is 2.32. The summed E-state index contributed by atoms with van der Waals surface area (Å²) in [5, 5.41) is 2.95. The highest BCUT2D eigenvalue weighted by atomic mass is 16.2. The number of nitrogens with one attached hydrogen (secondary N) is 1. The largest absolute Gasteiger partial charge is 0.369 e. The second-order valence-corrected chi connectivity index (χ2v) is 4.05. The van der Waals surface area contributed by atoms with Gasteiger partial charge >= 0.3 is 0 Å². The van der Waals surface area contributed by atoms with Crippen molar-refractivity contribution in [3.05, 3.63) is 24.3 Å². The van der Waals surface area contributed by atoms with Gasteiger partial charge in [-0.15, -0.1) is 0 Å². The van der Waals surface area contributed by atoms with Crippen molar-refractivity contribution in [3.8, 4) is 0 Å². The first-order valence-corrected chi connectivity index (χ1v) is 5.17. The topological polar surface area (TPSA) is 124 Å². The molecule has 2 heterocycles. The van der Waals surface area contributed by atoms with Crippen molar-refractivity contribution >= 4 is 11.8 Å². The molecule has 7 nitrogen and oxygen atoms in total. The number of amides is 2. The third-order valence-corrected chi connectivity index (χ3v) is 3.05. The van der Waals surface area contributed by atoms with Gasteiger partial charge in [-0.1, -0.05) is 0 Å². The minimum absolute atomic E-state index is 0.231. The molecule has 90 valence electrons. The van der Waals surface area contributed by atoms with E-state index in [2.05, 4.69) is 15.3 Å². The first kappa shape index (κ1) is 11.5. The number of hydrogen-bond acceptors (Lipinski definition) is 5. The summed E-state index contributed by atoms with van der Waals surface area (Å²) in [6, 6.07) is 1.60. The highest BCUT2D eigenvalue weighted by molar-refractivity contribution is 5.88. The van der Waals surface area contributed by atoms with Crippen LogP contribution in [0.2, 0.25) is 0 Å². The Morgan fingerprint density at radius 2 is 2.24 bits per heavy atom. The number of rotatable bonds is 3. The number of nitrogens with zero attached hydrogens (tertiary/aromatic N) is 2. The maximum absolute atomic E-state index is 11.6. The predicted molar refractivity (Wildman–Crippen MR) is 58.2 cm³/mol. The van der Waals surface area contributed by atoms with E-state index in [0.29, 0.717) is 12.2 Å². The molecule has 2 unspecified atom stereocenters. The zero-order valence-electron chi connectivity index (χ0n) is 9.09. The van der Waals surface area contributed by atoms with Gasteiger partial charge in [0.15, 0.2) is 0 Å². The fourth-order valence-electron chi connectivity index (χ4n) is 2.06. The lowest BCUT2D eigenvalue weighted by molar-refractivity contribution is -0.124. The van der Waals surface area contributed by atoms with Crippen molar-refractivity contribution in [3.63, 3.8) is 0 Å². The van der Waals surface area contributed by atoms with Crippen molar-refractivity contribution in [1.82, 2.24) is 15.3 Å². The molecule has 0 aliphatic carbocycles. The maximum atomic E-state index is 11.6. The summed E-state index contributed by atoms with van der Waals surface area (Å²) in [5.41, 5.74) is 9.99. The normalized spacial score (nSPS) is 27.9. The number of carbonyl (C=O) groups excluding carboxylic acids is 2. The second kappa shape index (κ2) is 4.10. The average Bonchev–Trinajstić information content (AvgIpc) is 2.76. The Hall–Kier alpha value is -2.02. The van der Waals surface area contributed by atoms with Crippen molar-refractivity contribution in [2.24, 2.45) is 17.4 Å². The van der Waals surface area contributed by atoms with Gasteiger partial charge < -0.3 is 11.5 Å². The standard InChI is InChI=1S/C10H13N5O2/c11-8(16)6-3-10(9(12)17,15-4-6)7-1-2-13-5-14-7/h1-2,5-6,15H,3-4H2,(H2,11,16)(H2,12,17). The molecule has 1 fully saturated rings. The number of aromatic nitrogens is 2. The van der Waals surface area contributed by atoms with Gasteiger partial charge in [0.25, 0.3) is 0 Å². The molecule has 1 saturated heterocycles. The molecule has 7 heteroatoms. The minimum atomic E-state index is -1.12. The van der Waals surface area contributed by atoms with Crippen molar-refractivity contribution in [2.45, 2.75) is 12.0 Å². The van der Waals surface area contributed by atoms with Gasteiger partial charge in [-0.2, -0.15) is 0 Å². The van der Waals surface area contributed by atoms with Crippen molar-refractivity contribution < 1.29 is 9.59 Å². The molecular formula is C10H13N5O2. The van der Waals surface area contributed by atoms with Gasteiger partial charge in [0.2, 0.25) is 11.8 Å². The van der Waals surface area contributed by atoms with Crippen LogP contribution >= 0.6 is 0 Å². The lowest BCUT2D eigenvalue weighted by Crippen LogP contribution is -2.49. The molecule has 0 saturated carbocycles. The van der Waals surface area contributed by atoms with E-state index in [9.17, 15) is 9.59 Å². The molecule has 0 radical (unpaired) electrons. The molecule has 5 N–H and O–H groups in total. The van der Waals surface area contributed by atoms with E-state index >= 15 is 0 Å². The highest BCUT2D eigenvalue weighted by Gasteiger charge is 2.47. The molecule has 2 amide bonds. The van der Waals surface area contributed by atoms with Crippen LogP contribution in [0.3, 0.4) is 0 Å². The Morgan fingerprint density at radius 3 is 2.71 bits per heavy atom. The van der Waals surface area contributed by atoms with Crippen molar-refractivity contribution in [2.75, 3.05) is 6.54 Å². The Labute approximate surface area is 97.6 Å². The molecule has 1 aliphatic heterocycles. The van der Waals surface area contributed by atoms with E-state index in [-0.39, 0.29) is 6.42 Å². The number of nitrogens with two attached hydrogens (primary N) is 2. The summed E-state index contributed by atoms with van der Waals surface area (Å²) in [7, 11) is 0. The Morgan fingerprint density at radius 1 is 1.47 bits per heavy atom. The summed E-state index contributed by atoms with van der Waals surface area (Å²) in [5.74, 6) is -1.44. The van der Waals surface area contributed by atoms with E-state index in [0.717, 1.165) is 0 Å². The molecule has 2 rings (SSSR count). The van der Waals surface area contributed by atoms with E-state index in [1.165, 1.54) is 12.5 Å². The van der Waals surface area contributed by atoms with E-state index in [4.69, 9.17) is 11.5 Å². The molecule has 1 aliphatic rings. The van der Waals surface area contributed by atoms with E-state index in [1.54, 1.807) is 6.07 Å². The number of primary amides is 2. The van der Waals surface area contributed by atoms with Gasteiger partial charge in [0, 0.05) is 12.7 Å². The first-order chi connectivity index (χ1) is 8.06.